The van der Waals surface area contributed by atoms with Crippen molar-refractivity contribution in [1.29, 1.82) is 0 Å². The van der Waals surface area contributed by atoms with Gasteiger partial charge in [-0.25, -0.2) is 4.79 Å². The van der Waals surface area contributed by atoms with Crippen LogP contribution in [0.3, 0.4) is 0 Å². The topological polar surface area (TPSA) is 30.2 Å². The fourth-order valence-corrected chi connectivity index (χ4v) is 1.70. The Bertz CT molecular complexity index is 427. The van der Waals surface area contributed by atoms with Crippen molar-refractivity contribution in [3.8, 4) is 0 Å². The second-order valence-electron chi connectivity index (χ2n) is 2.64. The van der Waals surface area contributed by atoms with E-state index in [0.717, 1.165) is 28.2 Å². The number of rotatable bonds is 2. The van der Waals surface area contributed by atoms with Crippen molar-refractivity contribution in [2.24, 2.45) is 0 Å². The van der Waals surface area contributed by atoms with E-state index in [-0.39, 0.29) is 4.94 Å². The molecule has 0 aliphatic heterocycles. The molecule has 2 rings (SSSR count). The molecule has 1 aromatic carbocycles. The van der Waals surface area contributed by atoms with Crippen LogP contribution >= 0.6 is 11.3 Å². The zero-order chi connectivity index (χ0) is 9.10. The van der Waals surface area contributed by atoms with Crippen LogP contribution in [0.25, 0.3) is 0 Å². The van der Waals surface area contributed by atoms with Gasteiger partial charge in [-0.1, -0.05) is 41.7 Å². The maximum Gasteiger partial charge on any atom is 0.395 e. The molecule has 1 aromatic heterocycles. The summed E-state index contributed by atoms with van der Waals surface area (Å²) >= 11 is 1.10. The van der Waals surface area contributed by atoms with Crippen LogP contribution in [-0.4, -0.2) is 0 Å². The Morgan fingerprint density at radius 2 is 2.08 bits per heavy atom. The van der Waals surface area contributed by atoms with Gasteiger partial charge in [-0.2, -0.15) is 0 Å². The molecule has 1 radical (unpaired) electrons. The van der Waals surface area contributed by atoms with Gasteiger partial charge in [0.25, 0.3) is 0 Å². The molecular weight excluding hydrogens is 184 g/mol. The average Bonchev–Trinajstić information content (AvgIpc) is 2.53. The second-order valence-corrected chi connectivity index (χ2v) is 3.67. The lowest BCUT2D eigenvalue weighted by atomic mass is 10.1. The van der Waals surface area contributed by atoms with Crippen molar-refractivity contribution in [2.75, 3.05) is 0 Å². The number of benzene rings is 1. The Balaban J connectivity index is 2.20. The zero-order valence-corrected chi connectivity index (χ0v) is 7.64. The Morgan fingerprint density at radius 1 is 1.31 bits per heavy atom. The van der Waals surface area contributed by atoms with E-state index in [1.54, 1.807) is 0 Å². The highest BCUT2D eigenvalue weighted by molar-refractivity contribution is 7.08. The van der Waals surface area contributed by atoms with Gasteiger partial charge in [-0.3, -0.25) is 0 Å². The molecule has 0 aliphatic rings. The molecule has 0 amide bonds. The highest BCUT2D eigenvalue weighted by Gasteiger charge is 2.00. The first-order valence-corrected chi connectivity index (χ1v) is 4.70. The van der Waals surface area contributed by atoms with E-state index < -0.39 is 0 Å². The standard InChI is InChI=1S/C10H7O2S/c11-10-12-7-9(13-10)6-8-4-2-1-3-5-8/h1-5H,6H2. The van der Waals surface area contributed by atoms with E-state index in [4.69, 9.17) is 0 Å². The largest absolute Gasteiger partial charge is 0.410 e. The summed E-state index contributed by atoms with van der Waals surface area (Å²) in [5, 5.41) is 0. The molecule has 2 aromatic rings. The van der Waals surface area contributed by atoms with Gasteiger partial charge in [-0.15, -0.1) is 0 Å². The molecule has 0 fully saturated rings. The van der Waals surface area contributed by atoms with E-state index in [9.17, 15) is 4.79 Å². The fourth-order valence-electron chi connectivity index (χ4n) is 1.09. The van der Waals surface area contributed by atoms with Crippen LogP contribution in [0.2, 0.25) is 0 Å². The van der Waals surface area contributed by atoms with E-state index in [0.29, 0.717) is 0 Å². The summed E-state index contributed by atoms with van der Waals surface area (Å²) < 4.78 is 4.57. The summed E-state index contributed by atoms with van der Waals surface area (Å²) in [6.45, 7) is 0. The molecule has 0 spiro atoms. The van der Waals surface area contributed by atoms with Crippen LogP contribution in [0.4, 0.5) is 0 Å². The molecule has 3 heteroatoms. The SMILES string of the molecule is O=c1o[c]c(Cc2ccccc2)s1. The average molecular weight is 191 g/mol. The first-order chi connectivity index (χ1) is 6.34. The van der Waals surface area contributed by atoms with Gasteiger partial charge in [0.15, 0.2) is 6.26 Å². The maximum absolute atomic E-state index is 10.7. The molecule has 0 atom stereocenters. The summed E-state index contributed by atoms with van der Waals surface area (Å²) in [5.41, 5.74) is 1.16. The summed E-state index contributed by atoms with van der Waals surface area (Å²) in [6, 6.07) is 9.93. The molecular formula is C10H7O2S. The third kappa shape index (κ3) is 2.06. The zero-order valence-electron chi connectivity index (χ0n) is 6.82. The predicted octanol–water partition coefficient (Wildman–Crippen LogP) is 2.09. The fraction of sp³-hybridized carbons (Fsp3) is 0.100. The van der Waals surface area contributed by atoms with Crippen molar-refractivity contribution < 1.29 is 4.42 Å². The van der Waals surface area contributed by atoms with Crippen LogP contribution < -0.4 is 4.94 Å². The lowest BCUT2D eigenvalue weighted by Gasteiger charge is -1.94. The van der Waals surface area contributed by atoms with Crippen LogP contribution in [0, 0.1) is 6.26 Å². The van der Waals surface area contributed by atoms with Gasteiger partial charge in [0.05, 0.1) is 4.88 Å². The molecule has 0 aliphatic carbocycles. The molecule has 0 unspecified atom stereocenters. The Hall–Kier alpha value is -1.35. The monoisotopic (exact) mass is 191 g/mol. The van der Waals surface area contributed by atoms with Crippen molar-refractivity contribution >= 4 is 11.3 Å². The quantitative estimate of drug-likeness (QED) is 0.727. The number of hydrogen-bond donors (Lipinski definition) is 0. The lowest BCUT2D eigenvalue weighted by molar-refractivity contribution is 0.525. The van der Waals surface area contributed by atoms with E-state index >= 15 is 0 Å². The molecule has 0 saturated heterocycles. The minimum Gasteiger partial charge on any atom is -0.410 e. The normalized spacial score (nSPS) is 10.2. The summed E-state index contributed by atoms with van der Waals surface area (Å²) in [6.07, 6.45) is 3.30. The first kappa shape index (κ1) is 8.26. The van der Waals surface area contributed by atoms with Crippen LogP contribution in [0.15, 0.2) is 39.5 Å². The van der Waals surface area contributed by atoms with Gasteiger partial charge >= 0.3 is 4.94 Å². The molecule has 0 saturated carbocycles. The van der Waals surface area contributed by atoms with Gasteiger partial charge in [-0.05, 0) is 5.56 Å². The predicted molar refractivity (Wildman–Crippen MR) is 50.9 cm³/mol. The molecule has 1 heterocycles. The Labute approximate surface area is 79.5 Å². The highest BCUT2D eigenvalue weighted by atomic mass is 32.1. The lowest BCUT2D eigenvalue weighted by Crippen LogP contribution is -1.83. The minimum atomic E-state index is -0.286. The third-order valence-electron chi connectivity index (χ3n) is 1.66. The number of hydrogen-bond acceptors (Lipinski definition) is 3. The Kier molecular flexibility index (Phi) is 2.27. The molecule has 0 N–H and O–H groups in total. The maximum atomic E-state index is 10.7. The van der Waals surface area contributed by atoms with Gasteiger partial charge in [0, 0.05) is 6.42 Å². The van der Waals surface area contributed by atoms with Crippen molar-refractivity contribution in [2.45, 2.75) is 6.42 Å². The van der Waals surface area contributed by atoms with Crippen LogP contribution in [-0.2, 0) is 6.42 Å². The van der Waals surface area contributed by atoms with Crippen molar-refractivity contribution in [1.82, 2.24) is 0 Å². The van der Waals surface area contributed by atoms with E-state index in [1.165, 1.54) is 0 Å². The van der Waals surface area contributed by atoms with Crippen molar-refractivity contribution in [3.05, 3.63) is 56.8 Å². The van der Waals surface area contributed by atoms with Crippen LogP contribution in [0.1, 0.15) is 10.4 Å². The second kappa shape index (κ2) is 3.58. The summed E-state index contributed by atoms with van der Waals surface area (Å²) in [5.74, 6) is 0. The minimum absolute atomic E-state index is 0.286. The van der Waals surface area contributed by atoms with Gasteiger partial charge in [0.1, 0.15) is 0 Å². The molecule has 13 heavy (non-hydrogen) atoms. The van der Waals surface area contributed by atoms with E-state index in [1.807, 2.05) is 30.3 Å². The first-order valence-electron chi connectivity index (χ1n) is 3.89. The highest BCUT2D eigenvalue weighted by Crippen LogP contribution is 2.10. The van der Waals surface area contributed by atoms with Crippen molar-refractivity contribution in [3.63, 3.8) is 0 Å². The Morgan fingerprint density at radius 3 is 2.69 bits per heavy atom. The van der Waals surface area contributed by atoms with Gasteiger partial charge in [0.2, 0.25) is 0 Å². The summed E-state index contributed by atoms with van der Waals surface area (Å²) in [4.78, 5) is 11.3. The van der Waals surface area contributed by atoms with Crippen LogP contribution in [0.5, 0.6) is 0 Å². The molecule has 0 bridgehead atoms. The molecule has 65 valence electrons. The molecule has 2 nitrogen and oxygen atoms in total. The van der Waals surface area contributed by atoms with E-state index in [2.05, 4.69) is 10.7 Å². The smallest absolute Gasteiger partial charge is 0.395 e. The third-order valence-corrected chi connectivity index (χ3v) is 2.39. The summed E-state index contributed by atoms with van der Waals surface area (Å²) in [7, 11) is 0. The van der Waals surface area contributed by atoms with Gasteiger partial charge < -0.3 is 4.42 Å².